The van der Waals surface area contributed by atoms with E-state index in [1.54, 1.807) is 7.05 Å². The third kappa shape index (κ3) is 1.76. The maximum absolute atomic E-state index is 10.2. The van der Waals surface area contributed by atoms with Crippen LogP contribution in [0.1, 0.15) is 0 Å². The number of isocyanates is 1. The number of aromatic nitrogens is 2. The minimum atomic E-state index is 0.315. The minimum absolute atomic E-state index is 0.315. The molecule has 0 atom stereocenters. The van der Waals surface area contributed by atoms with E-state index in [9.17, 15) is 4.79 Å². The Morgan fingerprint density at radius 2 is 2.06 bits per heavy atom. The van der Waals surface area contributed by atoms with E-state index in [1.165, 1.54) is 10.8 Å². The van der Waals surface area contributed by atoms with E-state index in [2.05, 4.69) is 10.1 Å². The lowest BCUT2D eigenvalue weighted by Crippen LogP contribution is -1.89. The van der Waals surface area contributed by atoms with E-state index in [-0.39, 0.29) is 0 Å². The van der Waals surface area contributed by atoms with Gasteiger partial charge in [-0.15, -0.1) is 4.99 Å². The fraction of sp³-hybridized carbons (Fsp3) is 0.0909. The van der Waals surface area contributed by atoms with Crippen LogP contribution in [0, 0.1) is 0 Å². The fourth-order valence-electron chi connectivity index (χ4n) is 1.43. The summed E-state index contributed by atoms with van der Waals surface area (Å²) in [6.45, 7) is 0. The maximum Gasteiger partial charge on any atom is 0.242 e. The summed E-state index contributed by atoms with van der Waals surface area (Å²) in [5.74, 6) is 0.315. The number of hydrogen-bond donors (Lipinski definition) is 0. The van der Waals surface area contributed by atoms with Gasteiger partial charge in [0.05, 0.1) is 0 Å². The molecule has 0 saturated heterocycles. The molecule has 0 aliphatic heterocycles. The molecule has 0 radical (unpaired) electrons. The van der Waals surface area contributed by atoms with E-state index < -0.39 is 0 Å². The highest BCUT2D eigenvalue weighted by molar-refractivity contribution is 6.35. The van der Waals surface area contributed by atoms with Gasteiger partial charge < -0.3 is 0 Å². The summed E-state index contributed by atoms with van der Waals surface area (Å²) >= 11 is 6.09. The van der Waals surface area contributed by atoms with E-state index in [4.69, 9.17) is 11.6 Å². The Labute approximate surface area is 97.2 Å². The van der Waals surface area contributed by atoms with Gasteiger partial charge in [0, 0.05) is 12.6 Å². The number of aliphatic imine (C=N–C) groups is 1. The van der Waals surface area contributed by atoms with Crippen LogP contribution >= 0.6 is 11.6 Å². The van der Waals surface area contributed by atoms with Crippen molar-refractivity contribution in [3.05, 3.63) is 35.4 Å². The van der Waals surface area contributed by atoms with Gasteiger partial charge in [-0.1, -0.05) is 41.9 Å². The summed E-state index contributed by atoms with van der Waals surface area (Å²) < 4.78 is 1.45. The SMILES string of the molecule is Cn1nc(-c2ccccc2)c(Cl)c1N=C=O. The van der Waals surface area contributed by atoms with Crippen LogP contribution in [0.3, 0.4) is 0 Å². The standard InChI is InChI=1S/C11H8ClN3O/c1-15-11(13-7-16)9(12)10(14-15)8-5-3-2-4-6-8/h2-6H,1H3. The van der Waals surface area contributed by atoms with Gasteiger partial charge in [0.25, 0.3) is 0 Å². The fourth-order valence-corrected chi connectivity index (χ4v) is 1.75. The Bertz CT molecular complexity index is 556. The first kappa shape index (κ1) is 10.6. The zero-order chi connectivity index (χ0) is 11.5. The Morgan fingerprint density at radius 1 is 1.38 bits per heavy atom. The molecule has 80 valence electrons. The van der Waals surface area contributed by atoms with Crippen LogP contribution in [0.4, 0.5) is 5.82 Å². The van der Waals surface area contributed by atoms with Crippen LogP contribution in [0.15, 0.2) is 35.3 Å². The molecule has 0 amide bonds. The van der Waals surface area contributed by atoms with Crippen LogP contribution in [0.25, 0.3) is 11.3 Å². The number of rotatable bonds is 2. The normalized spacial score (nSPS) is 9.88. The molecule has 2 rings (SSSR count). The van der Waals surface area contributed by atoms with Gasteiger partial charge in [-0.05, 0) is 0 Å². The van der Waals surface area contributed by atoms with Crippen molar-refractivity contribution in [1.82, 2.24) is 9.78 Å². The lowest BCUT2D eigenvalue weighted by molar-refractivity contribution is 0.564. The Morgan fingerprint density at radius 3 is 2.69 bits per heavy atom. The molecule has 0 aliphatic rings. The van der Waals surface area contributed by atoms with Crippen molar-refractivity contribution in [2.45, 2.75) is 0 Å². The predicted octanol–water partition coefficient (Wildman–Crippen LogP) is 2.71. The van der Waals surface area contributed by atoms with E-state index in [0.29, 0.717) is 16.5 Å². The van der Waals surface area contributed by atoms with E-state index >= 15 is 0 Å². The Hall–Kier alpha value is -1.90. The molecule has 1 heterocycles. The van der Waals surface area contributed by atoms with Crippen molar-refractivity contribution < 1.29 is 4.79 Å². The zero-order valence-electron chi connectivity index (χ0n) is 8.51. The third-order valence-electron chi connectivity index (χ3n) is 2.16. The van der Waals surface area contributed by atoms with Crippen molar-refractivity contribution in [2.75, 3.05) is 0 Å². The lowest BCUT2D eigenvalue weighted by Gasteiger charge is -1.95. The average molecular weight is 234 g/mol. The van der Waals surface area contributed by atoms with Gasteiger partial charge in [0.15, 0.2) is 5.82 Å². The topological polar surface area (TPSA) is 47.2 Å². The third-order valence-corrected chi connectivity index (χ3v) is 2.51. The van der Waals surface area contributed by atoms with Crippen molar-refractivity contribution in [3.8, 4) is 11.3 Å². The minimum Gasteiger partial charge on any atom is -0.248 e. The van der Waals surface area contributed by atoms with Crippen LogP contribution in [0.2, 0.25) is 5.02 Å². The van der Waals surface area contributed by atoms with Gasteiger partial charge in [-0.25, -0.2) is 9.48 Å². The van der Waals surface area contributed by atoms with Crippen molar-refractivity contribution in [2.24, 2.45) is 12.0 Å². The summed E-state index contributed by atoms with van der Waals surface area (Å²) in [7, 11) is 1.68. The predicted molar refractivity (Wildman–Crippen MR) is 61.4 cm³/mol. The molecule has 2 aromatic rings. The zero-order valence-corrected chi connectivity index (χ0v) is 9.27. The first-order valence-electron chi connectivity index (χ1n) is 4.60. The summed E-state index contributed by atoms with van der Waals surface area (Å²) in [6.07, 6.45) is 1.46. The highest BCUT2D eigenvalue weighted by Crippen LogP contribution is 2.34. The monoisotopic (exact) mass is 233 g/mol. The molecular weight excluding hydrogens is 226 g/mol. The molecule has 0 fully saturated rings. The summed E-state index contributed by atoms with van der Waals surface area (Å²) in [4.78, 5) is 13.7. The number of hydrogen-bond acceptors (Lipinski definition) is 3. The lowest BCUT2D eigenvalue weighted by atomic mass is 10.1. The Kier molecular flexibility index (Phi) is 2.86. The molecule has 0 saturated carbocycles. The molecule has 0 spiro atoms. The van der Waals surface area contributed by atoms with Crippen LogP contribution in [-0.4, -0.2) is 15.9 Å². The molecule has 0 N–H and O–H groups in total. The van der Waals surface area contributed by atoms with Gasteiger partial charge in [0.1, 0.15) is 10.7 Å². The highest BCUT2D eigenvalue weighted by Gasteiger charge is 2.14. The first-order valence-corrected chi connectivity index (χ1v) is 4.97. The molecule has 0 unspecified atom stereocenters. The van der Waals surface area contributed by atoms with Crippen molar-refractivity contribution >= 4 is 23.5 Å². The number of nitrogens with zero attached hydrogens (tertiary/aromatic N) is 3. The van der Waals surface area contributed by atoms with E-state index in [0.717, 1.165) is 5.56 Å². The number of benzene rings is 1. The average Bonchev–Trinajstić information content (AvgIpc) is 2.59. The van der Waals surface area contributed by atoms with Crippen LogP contribution in [-0.2, 0) is 11.8 Å². The van der Waals surface area contributed by atoms with Gasteiger partial charge in [-0.3, -0.25) is 0 Å². The maximum atomic E-state index is 10.2. The summed E-state index contributed by atoms with van der Waals surface area (Å²) in [6, 6.07) is 9.47. The second-order valence-corrected chi connectivity index (χ2v) is 3.56. The van der Waals surface area contributed by atoms with Crippen molar-refractivity contribution in [1.29, 1.82) is 0 Å². The summed E-state index contributed by atoms with van der Waals surface area (Å²) in [5, 5.41) is 4.57. The second-order valence-electron chi connectivity index (χ2n) is 3.18. The largest absolute Gasteiger partial charge is 0.248 e. The highest BCUT2D eigenvalue weighted by atomic mass is 35.5. The summed E-state index contributed by atoms with van der Waals surface area (Å²) in [5.41, 5.74) is 1.49. The number of halogens is 1. The second kappa shape index (κ2) is 4.31. The van der Waals surface area contributed by atoms with Crippen LogP contribution < -0.4 is 0 Å². The Balaban J connectivity index is 2.60. The molecule has 16 heavy (non-hydrogen) atoms. The molecule has 1 aromatic carbocycles. The van der Waals surface area contributed by atoms with Crippen LogP contribution in [0.5, 0.6) is 0 Å². The molecule has 1 aromatic heterocycles. The quantitative estimate of drug-likeness (QED) is 0.592. The smallest absolute Gasteiger partial charge is 0.242 e. The van der Waals surface area contributed by atoms with Gasteiger partial charge >= 0.3 is 0 Å². The molecule has 5 heteroatoms. The molecular formula is C11H8ClN3O. The van der Waals surface area contributed by atoms with Gasteiger partial charge in [-0.2, -0.15) is 5.10 Å². The first-order chi connectivity index (χ1) is 7.74. The number of aryl methyl sites for hydroxylation is 1. The number of carbonyl (C=O) groups excluding carboxylic acids is 1. The van der Waals surface area contributed by atoms with Crippen molar-refractivity contribution in [3.63, 3.8) is 0 Å². The van der Waals surface area contributed by atoms with E-state index in [1.807, 2.05) is 30.3 Å². The molecule has 0 aliphatic carbocycles. The molecule has 4 nitrogen and oxygen atoms in total. The van der Waals surface area contributed by atoms with Gasteiger partial charge in [0.2, 0.25) is 6.08 Å². The molecule has 0 bridgehead atoms.